The highest BCUT2D eigenvalue weighted by Gasteiger charge is 2.45. The molecule has 1 aliphatic heterocycles. The van der Waals surface area contributed by atoms with Crippen LogP contribution < -0.4 is 11.4 Å². The Kier molecular flexibility index (Phi) is 4.41. The number of fused-ring (bicyclic) bond motifs is 1. The molecule has 4 atom stereocenters. The van der Waals surface area contributed by atoms with Crippen LogP contribution in [0.5, 0.6) is 0 Å². The SMILES string of the molecule is Cn1c(N)c2ncn(C3O[C@H](COP(=O)(O)O)[C@@H](O)[C@H]3O)c2nc1=O. The summed E-state index contributed by atoms with van der Waals surface area (Å²) in [7, 11) is -3.35. The topological polar surface area (TPSA) is 195 Å². The zero-order valence-electron chi connectivity index (χ0n) is 12.8. The van der Waals surface area contributed by atoms with Gasteiger partial charge in [-0.1, -0.05) is 0 Å². The third-order valence-corrected chi connectivity index (χ3v) is 4.36. The quantitative estimate of drug-likeness (QED) is 0.352. The normalized spacial score (nSPS) is 27.2. The van der Waals surface area contributed by atoms with Gasteiger partial charge < -0.3 is 30.5 Å². The molecule has 6 N–H and O–H groups in total. The molecule has 0 radical (unpaired) electrons. The maximum Gasteiger partial charge on any atom is 0.469 e. The largest absolute Gasteiger partial charge is 0.469 e. The lowest BCUT2D eigenvalue weighted by Gasteiger charge is -2.16. The van der Waals surface area contributed by atoms with Crippen molar-refractivity contribution in [2.45, 2.75) is 24.5 Å². The number of nitrogen functional groups attached to an aromatic ring is 1. The van der Waals surface area contributed by atoms with Crippen molar-refractivity contribution < 1.29 is 33.8 Å². The van der Waals surface area contributed by atoms with Crippen LogP contribution in [0, 0.1) is 0 Å². The van der Waals surface area contributed by atoms with Crippen LogP contribution in [-0.2, 0) is 20.9 Å². The van der Waals surface area contributed by atoms with Crippen molar-refractivity contribution in [3.8, 4) is 0 Å². The molecule has 138 valence electrons. The van der Waals surface area contributed by atoms with E-state index in [1.807, 2.05) is 0 Å². The van der Waals surface area contributed by atoms with Crippen molar-refractivity contribution in [2.24, 2.45) is 7.05 Å². The molecule has 13 nitrogen and oxygen atoms in total. The molecule has 1 unspecified atom stereocenters. The van der Waals surface area contributed by atoms with E-state index in [0.29, 0.717) is 0 Å². The number of ether oxygens (including phenoxy) is 1. The molecule has 3 heterocycles. The van der Waals surface area contributed by atoms with Gasteiger partial charge in [0.05, 0.1) is 12.9 Å². The number of aliphatic hydroxyl groups is 2. The molecule has 2 aromatic heterocycles. The average Bonchev–Trinajstić information content (AvgIpc) is 3.05. The van der Waals surface area contributed by atoms with Crippen LogP contribution in [-0.4, -0.2) is 64.0 Å². The van der Waals surface area contributed by atoms with Gasteiger partial charge in [-0.2, -0.15) is 4.98 Å². The molecular weight excluding hydrogens is 361 g/mol. The second kappa shape index (κ2) is 6.14. The highest BCUT2D eigenvalue weighted by atomic mass is 31.2. The summed E-state index contributed by atoms with van der Waals surface area (Å²) in [5.74, 6) is 0.0585. The predicted molar refractivity (Wildman–Crippen MR) is 81.1 cm³/mol. The number of hydrogen-bond acceptors (Lipinski definition) is 9. The Morgan fingerprint density at radius 3 is 2.72 bits per heavy atom. The number of imidazole rings is 1. The van der Waals surface area contributed by atoms with Crippen molar-refractivity contribution in [1.82, 2.24) is 19.1 Å². The molecule has 3 rings (SSSR count). The molecule has 25 heavy (non-hydrogen) atoms. The van der Waals surface area contributed by atoms with Crippen LogP contribution in [0.15, 0.2) is 11.1 Å². The maximum atomic E-state index is 11.8. The van der Waals surface area contributed by atoms with Gasteiger partial charge in [0.2, 0.25) is 0 Å². The Morgan fingerprint density at radius 1 is 1.40 bits per heavy atom. The molecule has 0 saturated carbocycles. The standard InChI is InChI=1S/C11H16N5O8P/c1-15-8(12)5-9(14-11(15)19)16(3-13-5)10-7(18)6(17)4(24-10)2-23-25(20,21)22/h3-4,6-7,10,17-18H,2,12H2,1H3,(H2,20,21,22)/t4-,6-,7-,10?/m1/s1. The van der Waals surface area contributed by atoms with Gasteiger partial charge in [0.15, 0.2) is 11.9 Å². The number of hydrogen-bond donors (Lipinski definition) is 5. The number of phosphoric ester groups is 1. The number of rotatable bonds is 4. The first kappa shape index (κ1) is 17.9. The summed E-state index contributed by atoms with van der Waals surface area (Å²) in [6.07, 6.45) is -4.16. The lowest BCUT2D eigenvalue weighted by atomic mass is 10.1. The van der Waals surface area contributed by atoms with Crippen LogP contribution in [0.2, 0.25) is 0 Å². The number of nitrogens with two attached hydrogens (primary N) is 1. The van der Waals surface area contributed by atoms with Crippen LogP contribution in [0.3, 0.4) is 0 Å². The van der Waals surface area contributed by atoms with Crippen LogP contribution in [0.4, 0.5) is 5.82 Å². The summed E-state index contributed by atoms with van der Waals surface area (Å²) in [4.78, 5) is 37.1. The van der Waals surface area contributed by atoms with E-state index in [4.69, 9.17) is 20.3 Å². The van der Waals surface area contributed by atoms with Crippen LogP contribution >= 0.6 is 7.82 Å². The van der Waals surface area contributed by atoms with Gasteiger partial charge in [0, 0.05) is 7.05 Å². The highest BCUT2D eigenvalue weighted by Crippen LogP contribution is 2.38. The highest BCUT2D eigenvalue weighted by molar-refractivity contribution is 7.46. The summed E-state index contributed by atoms with van der Waals surface area (Å²) >= 11 is 0. The number of nitrogens with zero attached hydrogens (tertiary/aromatic N) is 4. The molecule has 0 amide bonds. The van der Waals surface area contributed by atoms with Gasteiger partial charge in [-0.3, -0.25) is 13.7 Å². The van der Waals surface area contributed by atoms with E-state index >= 15 is 0 Å². The maximum absolute atomic E-state index is 11.8. The molecule has 0 aliphatic carbocycles. The zero-order chi connectivity index (χ0) is 18.5. The Morgan fingerprint density at radius 2 is 2.08 bits per heavy atom. The molecule has 14 heteroatoms. The number of anilines is 1. The monoisotopic (exact) mass is 377 g/mol. The van der Waals surface area contributed by atoms with Gasteiger partial charge in [-0.05, 0) is 0 Å². The Balaban J connectivity index is 1.93. The molecule has 1 aliphatic rings. The number of phosphoric acid groups is 1. The van der Waals surface area contributed by atoms with Gasteiger partial charge >= 0.3 is 13.5 Å². The van der Waals surface area contributed by atoms with E-state index in [1.54, 1.807) is 0 Å². The smallest absolute Gasteiger partial charge is 0.387 e. The van der Waals surface area contributed by atoms with Gasteiger partial charge in [-0.15, -0.1) is 0 Å². The summed E-state index contributed by atoms with van der Waals surface area (Å²) in [6, 6.07) is 0. The molecule has 1 fully saturated rings. The fourth-order valence-electron chi connectivity index (χ4n) is 2.53. The van der Waals surface area contributed by atoms with Crippen LogP contribution in [0.25, 0.3) is 11.2 Å². The fraction of sp³-hybridized carbons (Fsp3) is 0.545. The number of aromatic nitrogens is 4. The second-order valence-electron chi connectivity index (χ2n) is 5.50. The van der Waals surface area contributed by atoms with Gasteiger partial charge in [0.25, 0.3) is 0 Å². The molecule has 0 aromatic carbocycles. The molecular formula is C11H16N5O8P. The van der Waals surface area contributed by atoms with E-state index < -0.39 is 44.7 Å². The van der Waals surface area contributed by atoms with Crippen molar-refractivity contribution >= 4 is 24.8 Å². The molecule has 0 spiro atoms. The summed E-state index contributed by atoms with van der Waals surface area (Å²) in [5, 5.41) is 20.2. The minimum Gasteiger partial charge on any atom is -0.387 e. The molecule has 1 saturated heterocycles. The summed E-state index contributed by atoms with van der Waals surface area (Å²) in [5.41, 5.74) is 5.38. The summed E-state index contributed by atoms with van der Waals surface area (Å²) < 4.78 is 22.8. The van der Waals surface area contributed by atoms with Crippen LogP contribution in [0.1, 0.15) is 6.23 Å². The lowest BCUT2D eigenvalue weighted by Crippen LogP contribution is -2.33. The molecule has 0 bridgehead atoms. The summed E-state index contributed by atoms with van der Waals surface area (Å²) in [6.45, 7) is -0.650. The Hall–Kier alpha value is -1.86. The first-order valence-electron chi connectivity index (χ1n) is 7.01. The van der Waals surface area contributed by atoms with E-state index in [1.165, 1.54) is 17.9 Å². The van der Waals surface area contributed by atoms with E-state index in [2.05, 4.69) is 14.5 Å². The lowest BCUT2D eigenvalue weighted by molar-refractivity contribution is -0.0504. The predicted octanol–water partition coefficient (Wildman–Crippen LogP) is -2.56. The van der Waals surface area contributed by atoms with E-state index in [9.17, 15) is 19.6 Å². The van der Waals surface area contributed by atoms with Crippen molar-refractivity contribution in [3.05, 3.63) is 16.8 Å². The van der Waals surface area contributed by atoms with Crippen molar-refractivity contribution in [1.29, 1.82) is 0 Å². The third kappa shape index (κ3) is 3.18. The van der Waals surface area contributed by atoms with Crippen molar-refractivity contribution in [2.75, 3.05) is 12.3 Å². The first-order valence-corrected chi connectivity index (χ1v) is 8.54. The molecule has 2 aromatic rings. The third-order valence-electron chi connectivity index (χ3n) is 3.88. The minimum atomic E-state index is -4.77. The number of aliphatic hydroxyl groups excluding tert-OH is 2. The van der Waals surface area contributed by atoms with E-state index in [-0.39, 0.29) is 17.0 Å². The first-order chi connectivity index (χ1) is 11.6. The average molecular weight is 377 g/mol. The zero-order valence-corrected chi connectivity index (χ0v) is 13.7. The second-order valence-corrected chi connectivity index (χ2v) is 6.73. The van der Waals surface area contributed by atoms with E-state index in [0.717, 1.165) is 4.57 Å². The van der Waals surface area contributed by atoms with Gasteiger partial charge in [0.1, 0.15) is 29.6 Å². The fourth-order valence-corrected chi connectivity index (χ4v) is 2.87. The Labute approximate surface area is 139 Å². The minimum absolute atomic E-state index is 0.0356. The van der Waals surface area contributed by atoms with Gasteiger partial charge in [-0.25, -0.2) is 14.3 Å². The Bertz CT molecular complexity index is 906. The van der Waals surface area contributed by atoms with Crippen molar-refractivity contribution in [3.63, 3.8) is 0 Å².